The first kappa shape index (κ1) is 28.0. The van der Waals surface area contributed by atoms with Crippen LogP contribution in [-0.4, -0.2) is 66.0 Å². The van der Waals surface area contributed by atoms with E-state index in [1.54, 1.807) is 35.2 Å². The van der Waals surface area contributed by atoms with Crippen molar-refractivity contribution in [2.24, 2.45) is 0 Å². The molecule has 1 aliphatic rings. The van der Waals surface area contributed by atoms with Crippen molar-refractivity contribution in [1.82, 2.24) is 9.80 Å². The number of benzene rings is 2. The number of carbonyl (C=O) groups is 2. The molecule has 1 heterocycles. The number of aliphatic hydroxyl groups is 1. The number of nitrogens with zero attached hydrogens (tertiary/aromatic N) is 2. The molecule has 2 aromatic carbocycles. The van der Waals surface area contributed by atoms with Gasteiger partial charge in [0, 0.05) is 12.1 Å². The van der Waals surface area contributed by atoms with E-state index in [0.717, 1.165) is 25.2 Å². The average Bonchev–Trinajstić information content (AvgIpc) is 3.15. The molecule has 2 aromatic rings. The van der Waals surface area contributed by atoms with Crippen LogP contribution in [-0.2, 0) is 9.59 Å². The Morgan fingerprint density at radius 1 is 1.05 bits per heavy atom. The highest BCUT2D eigenvalue weighted by Crippen LogP contribution is 2.42. The van der Waals surface area contributed by atoms with Crippen molar-refractivity contribution in [2.75, 3.05) is 39.4 Å². The quantitative estimate of drug-likeness (QED) is 0.176. The summed E-state index contributed by atoms with van der Waals surface area (Å²) < 4.78 is 11.6. The fraction of sp³-hybridized carbons (Fsp3) is 0.400. The minimum absolute atomic E-state index is 0.0823. The number of hydrogen-bond donors (Lipinski definition) is 1. The van der Waals surface area contributed by atoms with Gasteiger partial charge in [-0.25, -0.2) is 0 Å². The molecule has 0 spiro atoms. The standard InChI is InChI=1S/C30H38N2O5/c1-6-19-37-24-16-15-23(20-25(24)36-9-4)27-26(28(33)22-13-11-21(5)12-14-22)29(34)30(35)32(27)18-10-17-31(7-2)8-3/h6,11-16,20,27,33H,1,7-10,17-19H2,2-5H3. The van der Waals surface area contributed by atoms with Gasteiger partial charge >= 0.3 is 0 Å². The zero-order valence-electron chi connectivity index (χ0n) is 22.3. The topological polar surface area (TPSA) is 79.3 Å². The minimum Gasteiger partial charge on any atom is -0.507 e. The molecule has 1 amide bonds. The number of rotatable bonds is 13. The van der Waals surface area contributed by atoms with E-state index < -0.39 is 17.7 Å². The molecule has 3 rings (SSSR count). The number of amides is 1. The fourth-order valence-corrected chi connectivity index (χ4v) is 4.56. The van der Waals surface area contributed by atoms with Gasteiger partial charge in [-0.3, -0.25) is 9.59 Å². The zero-order chi connectivity index (χ0) is 26.9. The van der Waals surface area contributed by atoms with Crippen molar-refractivity contribution < 1.29 is 24.2 Å². The number of Topliss-reactive ketones (excluding diaryl/α,β-unsaturated/α-hetero) is 1. The Bertz CT molecular complexity index is 1140. The molecule has 7 nitrogen and oxygen atoms in total. The van der Waals surface area contributed by atoms with E-state index >= 15 is 0 Å². The van der Waals surface area contributed by atoms with Crippen molar-refractivity contribution in [3.05, 3.63) is 77.4 Å². The summed E-state index contributed by atoms with van der Waals surface area (Å²) in [6.07, 6.45) is 2.35. The number of carbonyl (C=O) groups excluding carboxylic acids is 2. The Balaban J connectivity index is 2.09. The third kappa shape index (κ3) is 6.41. The van der Waals surface area contributed by atoms with Crippen molar-refractivity contribution in [3.63, 3.8) is 0 Å². The lowest BCUT2D eigenvalue weighted by molar-refractivity contribution is -0.140. The summed E-state index contributed by atoms with van der Waals surface area (Å²) in [6.45, 7) is 15.5. The van der Waals surface area contributed by atoms with Crippen LogP contribution in [0.3, 0.4) is 0 Å². The monoisotopic (exact) mass is 506 g/mol. The Labute approximate surface area is 220 Å². The van der Waals surface area contributed by atoms with Crippen LogP contribution in [0.5, 0.6) is 11.5 Å². The van der Waals surface area contributed by atoms with Gasteiger partial charge in [-0.05, 0) is 57.6 Å². The SMILES string of the molecule is C=CCOc1ccc(C2C(=C(O)c3ccc(C)cc3)C(=O)C(=O)N2CCCN(CC)CC)cc1OCC. The largest absolute Gasteiger partial charge is 0.507 e. The lowest BCUT2D eigenvalue weighted by Gasteiger charge is -2.27. The van der Waals surface area contributed by atoms with E-state index in [1.165, 1.54) is 0 Å². The number of ketones is 1. The van der Waals surface area contributed by atoms with Gasteiger partial charge in [0.15, 0.2) is 11.5 Å². The lowest BCUT2D eigenvalue weighted by atomic mass is 9.94. The van der Waals surface area contributed by atoms with E-state index in [-0.39, 0.29) is 11.3 Å². The van der Waals surface area contributed by atoms with Gasteiger partial charge in [-0.15, -0.1) is 0 Å². The summed E-state index contributed by atoms with van der Waals surface area (Å²) in [5, 5.41) is 11.3. The first-order valence-electron chi connectivity index (χ1n) is 12.9. The second-order valence-corrected chi connectivity index (χ2v) is 8.98. The maximum atomic E-state index is 13.3. The van der Waals surface area contributed by atoms with E-state index in [0.29, 0.717) is 48.8 Å². The first-order valence-corrected chi connectivity index (χ1v) is 12.9. The van der Waals surface area contributed by atoms with Gasteiger partial charge in [0.25, 0.3) is 11.7 Å². The summed E-state index contributed by atoms with van der Waals surface area (Å²) in [6, 6.07) is 11.9. The second-order valence-electron chi connectivity index (χ2n) is 8.98. The molecule has 0 bridgehead atoms. The highest BCUT2D eigenvalue weighted by Gasteiger charge is 2.46. The van der Waals surface area contributed by atoms with Gasteiger partial charge in [0.2, 0.25) is 0 Å². The molecule has 0 aliphatic carbocycles. The summed E-state index contributed by atoms with van der Waals surface area (Å²) in [7, 11) is 0. The highest BCUT2D eigenvalue weighted by molar-refractivity contribution is 6.46. The maximum absolute atomic E-state index is 13.3. The van der Waals surface area contributed by atoms with Crippen LogP contribution in [0.1, 0.15) is 49.9 Å². The van der Waals surface area contributed by atoms with Crippen molar-refractivity contribution >= 4 is 17.4 Å². The predicted molar refractivity (Wildman–Crippen MR) is 146 cm³/mol. The normalized spacial score (nSPS) is 16.9. The summed E-state index contributed by atoms with van der Waals surface area (Å²) >= 11 is 0. The minimum atomic E-state index is -0.745. The fourth-order valence-electron chi connectivity index (χ4n) is 4.56. The molecule has 7 heteroatoms. The Kier molecular flexibility index (Phi) is 9.92. The third-order valence-electron chi connectivity index (χ3n) is 6.57. The van der Waals surface area contributed by atoms with Gasteiger partial charge < -0.3 is 24.4 Å². The molecule has 0 saturated carbocycles. The van der Waals surface area contributed by atoms with Crippen molar-refractivity contribution in [2.45, 2.75) is 40.2 Å². The molecular weight excluding hydrogens is 468 g/mol. The number of likely N-dealkylation sites (tertiary alicyclic amines) is 1. The molecule has 1 saturated heterocycles. The molecule has 0 radical (unpaired) electrons. The van der Waals surface area contributed by atoms with Crippen LogP contribution in [0.4, 0.5) is 0 Å². The van der Waals surface area contributed by atoms with Crippen LogP contribution in [0.2, 0.25) is 0 Å². The Morgan fingerprint density at radius 2 is 1.76 bits per heavy atom. The molecule has 1 unspecified atom stereocenters. The maximum Gasteiger partial charge on any atom is 0.295 e. The molecule has 0 aromatic heterocycles. The highest BCUT2D eigenvalue weighted by atomic mass is 16.5. The molecule has 1 N–H and O–H groups in total. The number of hydrogen-bond acceptors (Lipinski definition) is 6. The summed E-state index contributed by atoms with van der Waals surface area (Å²) in [5.41, 5.74) is 2.28. The van der Waals surface area contributed by atoms with Crippen molar-refractivity contribution in [3.8, 4) is 11.5 Å². The smallest absolute Gasteiger partial charge is 0.295 e. The van der Waals surface area contributed by atoms with Crippen LogP contribution in [0.15, 0.2) is 60.7 Å². The van der Waals surface area contributed by atoms with Gasteiger partial charge in [-0.1, -0.05) is 62.4 Å². The first-order chi connectivity index (χ1) is 17.9. The molecule has 1 fully saturated rings. The molecule has 37 heavy (non-hydrogen) atoms. The zero-order valence-corrected chi connectivity index (χ0v) is 22.3. The number of aliphatic hydroxyl groups excluding tert-OH is 1. The average molecular weight is 507 g/mol. The lowest BCUT2D eigenvalue weighted by Crippen LogP contribution is -2.33. The van der Waals surface area contributed by atoms with E-state index in [9.17, 15) is 14.7 Å². The Morgan fingerprint density at radius 3 is 2.38 bits per heavy atom. The van der Waals surface area contributed by atoms with Crippen LogP contribution >= 0.6 is 0 Å². The number of aryl methyl sites for hydroxylation is 1. The third-order valence-corrected chi connectivity index (χ3v) is 6.57. The van der Waals surface area contributed by atoms with E-state index in [1.807, 2.05) is 32.0 Å². The molecule has 198 valence electrons. The summed E-state index contributed by atoms with van der Waals surface area (Å²) in [4.78, 5) is 30.4. The van der Waals surface area contributed by atoms with Gasteiger partial charge in [-0.2, -0.15) is 0 Å². The van der Waals surface area contributed by atoms with Crippen LogP contribution in [0, 0.1) is 6.92 Å². The Hall–Kier alpha value is -3.58. The second kappa shape index (κ2) is 13.1. The van der Waals surface area contributed by atoms with Crippen LogP contribution in [0.25, 0.3) is 5.76 Å². The van der Waals surface area contributed by atoms with Gasteiger partial charge in [0.05, 0.1) is 18.2 Å². The molecular formula is C30H38N2O5. The van der Waals surface area contributed by atoms with E-state index in [2.05, 4.69) is 25.3 Å². The van der Waals surface area contributed by atoms with E-state index in [4.69, 9.17) is 9.47 Å². The number of ether oxygens (including phenoxy) is 2. The van der Waals surface area contributed by atoms with Gasteiger partial charge in [0.1, 0.15) is 12.4 Å². The van der Waals surface area contributed by atoms with Crippen LogP contribution < -0.4 is 9.47 Å². The predicted octanol–water partition coefficient (Wildman–Crippen LogP) is 5.11. The molecule has 1 atom stereocenters. The van der Waals surface area contributed by atoms with Crippen molar-refractivity contribution in [1.29, 1.82) is 0 Å². The summed E-state index contributed by atoms with van der Waals surface area (Å²) in [5.74, 6) is -0.424. The molecule has 1 aliphatic heterocycles.